The predicted molar refractivity (Wildman–Crippen MR) is 114 cm³/mol. The first kappa shape index (κ1) is 24.9. The highest BCUT2D eigenvalue weighted by Crippen LogP contribution is 2.26. The van der Waals surface area contributed by atoms with Crippen LogP contribution in [0.25, 0.3) is 0 Å². The van der Waals surface area contributed by atoms with E-state index in [1.807, 2.05) is 13.0 Å². The lowest BCUT2D eigenvalue weighted by atomic mass is 9.92. The van der Waals surface area contributed by atoms with Crippen molar-refractivity contribution >= 4 is 17.9 Å². The molecule has 0 unspecified atom stereocenters. The van der Waals surface area contributed by atoms with Crippen molar-refractivity contribution in [3.05, 3.63) is 35.9 Å². The number of carbonyl (C=O) groups excluding carboxylic acids is 3. The summed E-state index contributed by atoms with van der Waals surface area (Å²) in [6.07, 6.45) is -0.0344. The second-order valence-corrected chi connectivity index (χ2v) is 8.90. The number of ether oxygens (including phenoxy) is 4. The fraction of sp³-hybridized carbons (Fsp3) is 0.625. The molecule has 0 radical (unpaired) electrons. The highest BCUT2D eigenvalue weighted by atomic mass is 16.6. The summed E-state index contributed by atoms with van der Waals surface area (Å²) in [4.78, 5) is 37.6. The van der Waals surface area contributed by atoms with Gasteiger partial charge in [0.25, 0.3) is 0 Å². The number of hydrogen-bond donors (Lipinski definition) is 0. The molecule has 0 bridgehead atoms. The maximum atomic E-state index is 12.8. The second-order valence-electron chi connectivity index (χ2n) is 8.90. The molecule has 4 atom stereocenters. The van der Waals surface area contributed by atoms with Gasteiger partial charge in [0.1, 0.15) is 17.8 Å². The molecule has 1 saturated heterocycles. The fourth-order valence-corrected chi connectivity index (χ4v) is 3.54. The van der Waals surface area contributed by atoms with Crippen LogP contribution in [-0.2, 0) is 28.5 Å². The molecule has 1 aliphatic rings. The smallest absolute Gasteiger partial charge is 0.338 e. The van der Waals surface area contributed by atoms with E-state index in [0.717, 1.165) is 6.42 Å². The standard InChI is InChI=1S/C24H34O7/c1-6-17-12-13-28-15-19(14-20(25)31-24(3,4)5)23(27)29-16(2)21(17)30-22(26)18-10-8-7-9-11-18/h7-11,16-17,19,21H,6,12-15H2,1-5H3/t16-,17-,19-,21-/m0/s1. The monoisotopic (exact) mass is 434 g/mol. The van der Waals surface area contributed by atoms with E-state index < -0.39 is 41.6 Å². The van der Waals surface area contributed by atoms with Gasteiger partial charge in [0, 0.05) is 12.5 Å². The molecule has 1 aromatic carbocycles. The average Bonchev–Trinajstić information content (AvgIpc) is 2.70. The number of carbonyl (C=O) groups is 3. The lowest BCUT2D eigenvalue weighted by Crippen LogP contribution is -2.42. The Kier molecular flexibility index (Phi) is 9.04. The molecule has 7 nitrogen and oxygen atoms in total. The quantitative estimate of drug-likeness (QED) is 0.512. The first-order valence-corrected chi connectivity index (χ1v) is 10.9. The molecule has 0 saturated carbocycles. The Morgan fingerprint density at radius 3 is 2.45 bits per heavy atom. The van der Waals surface area contributed by atoms with Gasteiger partial charge in [-0.25, -0.2) is 4.79 Å². The lowest BCUT2D eigenvalue weighted by molar-refractivity contribution is -0.171. The van der Waals surface area contributed by atoms with Gasteiger partial charge in [-0.3, -0.25) is 9.59 Å². The summed E-state index contributed by atoms with van der Waals surface area (Å²) < 4.78 is 22.4. The van der Waals surface area contributed by atoms with Gasteiger partial charge in [-0.1, -0.05) is 25.1 Å². The number of hydrogen-bond acceptors (Lipinski definition) is 7. The van der Waals surface area contributed by atoms with Crippen molar-refractivity contribution < 1.29 is 33.3 Å². The van der Waals surface area contributed by atoms with Crippen molar-refractivity contribution in [3.63, 3.8) is 0 Å². The predicted octanol–water partition coefficient (Wildman–Crippen LogP) is 3.94. The fourth-order valence-electron chi connectivity index (χ4n) is 3.54. The summed E-state index contributed by atoms with van der Waals surface area (Å²) in [5.41, 5.74) is -0.206. The normalized spacial score (nSPS) is 25.3. The first-order chi connectivity index (χ1) is 14.6. The molecular weight excluding hydrogens is 400 g/mol. The van der Waals surface area contributed by atoms with Gasteiger partial charge in [0.05, 0.1) is 24.5 Å². The third-order valence-corrected chi connectivity index (χ3v) is 5.12. The maximum absolute atomic E-state index is 12.8. The van der Waals surface area contributed by atoms with Crippen LogP contribution in [0.2, 0.25) is 0 Å². The van der Waals surface area contributed by atoms with Crippen LogP contribution in [0.15, 0.2) is 30.3 Å². The zero-order chi connectivity index (χ0) is 23.0. The molecule has 1 fully saturated rings. The van der Waals surface area contributed by atoms with Crippen molar-refractivity contribution in [2.75, 3.05) is 13.2 Å². The number of benzene rings is 1. The molecule has 7 heteroatoms. The largest absolute Gasteiger partial charge is 0.460 e. The Hall–Kier alpha value is -2.41. The van der Waals surface area contributed by atoms with Gasteiger partial charge < -0.3 is 18.9 Å². The van der Waals surface area contributed by atoms with Crippen LogP contribution in [0.5, 0.6) is 0 Å². The first-order valence-electron chi connectivity index (χ1n) is 10.9. The summed E-state index contributed by atoms with van der Waals surface area (Å²) in [5, 5.41) is 0. The molecule has 0 amide bonds. The summed E-state index contributed by atoms with van der Waals surface area (Å²) in [6.45, 7) is 9.50. The number of cyclic esters (lactones) is 1. The second kappa shape index (κ2) is 11.3. The molecule has 0 aliphatic carbocycles. The van der Waals surface area contributed by atoms with E-state index in [4.69, 9.17) is 18.9 Å². The molecule has 0 spiro atoms. The Morgan fingerprint density at radius 1 is 1.16 bits per heavy atom. The van der Waals surface area contributed by atoms with E-state index in [0.29, 0.717) is 18.6 Å². The summed E-state index contributed by atoms with van der Waals surface area (Å²) in [6, 6.07) is 8.71. The zero-order valence-electron chi connectivity index (χ0n) is 19.1. The highest BCUT2D eigenvalue weighted by molar-refractivity contribution is 5.89. The number of esters is 3. The van der Waals surface area contributed by atoms with Crippen LogP contribution < -0.4 is 0 Å². The van der Waals surface area contributed by atoms with Gasteiger partial charge in [0.15, 0.2) is 0 Å². The topological polar surface area (TPSA) is 88.1 Å². The molecule has 31 heavy (non-hydrogen) atoms. The summed E-state index contributed by atoms with van der Waals surface area (Å²) in [7, 11) is 0. The van der Waals surface area contributed by atoms with Crippen LogP contribution in [-0.4, -0.2) is 48.9 Å². The summed E-state index contributed by atoms with van der Waals surface area (Å²) in [5.74, 6) is -2.31. The molecule has 1 aliphatic heterocycles. The van der Waals surface area contributed by atoms with Crippen LogP contribution in [0, 0.1) is 11.8 Å². The van der Waals surface area contributed by atoms with Crippen molar-refractivity contribution in [1.82, 2.24) is 0 Å². The molecule has 0 aromatic heterocycles. The van der Waals surface area contributed by atoms with Crippen molar-refractivity contribution in [2.45, 2.75) is 71.7 Å². The number of rotatable bonds is 5. The Balaban J connectivity index is 2.12. The molecule has 1 aromatic rings. The van der Waals surface area contributed by atoms with Crippen molar-refractivity contribution in [3.8, 4) is 0 Å². The Labute approximate surface area is 184 Å². The van der Waals surface area contributed by atoms with Gasteiger partial charge >= 0.3 is 17.9 Å². The van der Waals surface area contributed by atoms with Gasteiger partial charge in [-0.05, 0) is 52.7 Å². The molecular formula is C24H34O7. The molecule has 2 rings (SSSR count). The minimum Gasteiger partial charge on any atom is -0.460 e. The van der Waals surface area contributed by atoms with Crippen molar-refractivity contribution in [1.29, 1.82) is 0 Å². The van der Waals surface area contributed by atoms with Gasteiger partial charge in [-0.2, -0.15) is 0 Å². The van der Waals surface area contributed by atoms with Crippen LogP contribution in [0.4, 0.5) is 0 Å². The lowest BCUT2D eigenvalue weighted by Gasteiger charge is -2.33. The van der Waals surface area contributed by atoms with Gasteiger partial charge in [-0.15, -0.1) is 0 Å². The van der Waals surface area contributed by atoms with Crippen LogP contribution in [0.3, 0.4) is 0 Å². The van der Waals surface area contributed by atoms with E-state index in [1.165, 1.54) is 0 Å². The Bertz CT molecular complexity index is 738. The third kappa shape index (κ3) is 7.98. The molecule has 0 N–H and O–H groups in total. The summed E-state index contributed by atoms with van der Waals surface area (Å²) >= 11 is 0. The van der Waals surface area contributed by atoms with Crippen molar-refractivity contribution in [2.24, 2.45) is 11.8 Å². The minimum absolute atomic E-state index is 0.0298. The van der Waals surface area contributed by atoms with Gasteiger partial charge in [0.2, 0.25) is 0 Å². The van der Waals surface area contributed by atoms with E-state index in [2.05, 4.69) is 0 Å². The average molecular weight is 435 g/mol. The SMILES string of the molecule is CC[C@H]1CCOC[C@H](CC(=O)OC(C)(C)C)C(=O)O[C@@H](C)[C@@H]1OC(=O)c1ccccc1. The zero-order valence-corrected chi connectivity index (χ0v) is 19.1. The van der Waals surface area contributed by atoms with Crippen LogP contribution >= 0.6 is 0 Å². The highest BCUT2D eigenvalue weighted by Gasteiger charge is 2.36. The Morgan fingerprint density at radius 2 is 1.84 bits per heavy atom. The molecule has 172 valence electrons. The van der Waals surface area contributed by atoms with E-state index in [1.54, 1.807) is 52.0 Å². The van der Waals surface area contributed by atoms with E-state index >= 15 is 0 Å². The van der Waals surface area contributed by atoms with E-state index in [-0.39, 0.29) is 18.9 Å². The minimum atomic E-state index is -0.777. The van der Waals surface area contributed by atoms with E-state index in [9.17, 15) is 14.4 Å². The third-order valence-electron chi connectivity index (χ3n) is 5.12. The molecule has 1 heterocycles. The van der Waals surface area contributed by atoms with Crippen LogP contribution in [0.1, 0.15) is 64.2 Å². The maximum Gasteiger partial charge on any atom is 0.338 e.